The Hall–Kier alpha value is -1.79. The topological polar surface area (TPSA) is 79.2 Å². The van der Waals surface area contributed by atoms with Crippen molar-refractivity contribution in [3.63, 3.8) is 0 Å². The summed E-state index contributed by atoms with van der Waals surface area (Å²) in [5.74, 6) is 0.727. The first kappa shape index (κ1) is 12.3. The summed E-state index contributed by atoms with van der Waals surface area (Å²) in [6.45, 7) is 1.13. The average Bonchev–Trinajstić information content (AvgIpc) is 2.77. The first-order valence-electron chi connectivity index (χ1n) is 6.21. The molecule has 0 aromatic heterocycles. The summed E-state index contributed by atoms with van der Waals surface area (Å²) in [6, 6.07) is 5.13. The van der Waals surface area contributed by atoms with E-state index in [4.69, 9.17) is 9.47 Å². The third kappa shape index (κ3) is 2.13. The lowest BCUT2D eigenvalue weighted by Crippen LogP contribution is -2.31. The number of ether oxygens (including phenoxy) is 2. The van der Waals surface area contributed by atoms with E-state index in [2.05, 4.69) is 0 Å². The van der Waals surface area contributed by atoms with E-state index in [1.807, 2.05) is 0 Å². The highest BCUT2D eigenvalue weighted by molar-refractivity contribution is 5.98. The zero-order chi connectivity index (χ0) is 13.4. The number of aliphatic hydroxyl groups is 2. The molecule has 3 rings (SSSR count). The molecular formula is C13H15NO5. The number of aliphatic hydroxyl groups excluding tert-OH is 2. The molecule has 1 amide bonds. The van der Waals surface area contributed by atoms with Gasteiger partial charge in [-0.05, 0) is 12.1 Å². The fourth-order valence-corrected chi connectivity index (χ4v) is 2.35. The Morgan fingerprint density at radius 2 is 1.84 bits per heavy atom. The molecule has 0 saturated carbocycles. The second kappa shape index (κ2) is 4.71. The van der Waals surface area contributed by atoms with Crippen LogP contribution in [0, 0.1) is 0 Å². The highest BCUT2D eigenvalue weighted by Crippen LogP contribution is 2.34. The number of para-hydroxylation sites is 1. The van der Waals surface area contributed by atoms with E-state index in [1.165, 1.54) is 4.90 Å². The fourth-order valence-electron chi connectivity index (χ4n) is 2.35. The first-order valence-corrected chi connectivity index (χ1v) is 6.21. The van der Waals surface area contributed by atoms with Gasteiger partial charge in [-0.2, -0.15) is 0 Å². The lowest BCUT2D eigenvalue weighted by atomic mass is 10.1. The van der Waals surface area contributed by atoms with E-state index in [1.54, 1.807) is 18.2 Å². The third-order valence-electron chi connectivity index (χ3n) is 3.34. The molecule has 6 heteroatoms. The molecule has 0 bridgehead atoms. The maximum absolute atomic E-state index is 12.4. The van der Waals surface area contributed by atoms with Crippen LogP contribution in [0.15, 0.2) is 18.2 Å². The molecule has 0 radical (unpaired) electrons. The van der Waals surface area contributed by atoms with Crippen LogP contribution in [0.4, 0.5) is 0 Å². The van der Waals surface area contributed by atoms with Gasteiger partial charge < -0.3 is 24.6 Å². The van der Waals surface area contributed by atoms with Crippen LogP contribution in [0.5, 0.6) is 11.5 Å². The second-order valence-corrected chi connectivity index (χ2v) is 4.67. The zero-order valence-electron chi connectivity index (χ0n) is 10.3. The third-order valence-corrected chi connectivity index (χ3v) is 3.34. The first-order chi connectivity index (χ1) is 9.16. The van der Waals surface area contributed by atoms with Gasteiger partial charge in [-0.1, -0.05) is 6.07 Å². The number of hydrogen-bond donors (Lipinski definition) is 2. The summed E-state index contributed by atoms with van der Waals surface area (Å²) in [5, 5.41) is 19.0. The van der Waals surface area contributed by atoms with Crippen LogP contribution in [-0.2, 0) is 0 Å². The van der Waals surface area contributed by atoms with Gasteiger partial charge in [0.05, 0.1) is 17.8 Å². The molecule has 19 heavy (non-hydrogen) atoms. The number of amides is 1. The van der Waals surface area contributed by atoms with Gasteiger partial charge >= 0.3 is 0 Å². The van der Waals surface area contributed by atoms with Gasteiger partial charge in [0, 0.05) is 13.1 Å². The van der Waals surface area contributed by atoms with Crippen LogP contribution >= 0.6 is 0 Å². The Morgan fingerprint density at radius 1 is 1.16 bits per heavy atom. The molecular weight excluding hydrogens is 250 g/mol. The number of fused-ring (bicyclic) bond motifs is 1. The summed E-state index contributed by atoms with van der Waals surface area (Å²) in [6.07, 6.45) is -1.78. The summed E-state index contributed by atoms with van der Waals surface area (Å²) in [4.78, 5) is 13.8. The van der Waals surface area contributed by atoms with Gasteiger partial charge in [-0.3, -0.25) is 4.79 Å². The Kier molecular flexibility index (Phi) is 3.04. The van der Waals surface area contributed by atoms with Crippen molar-refractivity contribution in [2.45, 2.75) is 12.2 Å². The van der Waals surface area contributed by atoms with Crippen molar-refractivity contribution >= 4 is 5.91 Å². The van der Waals surface area contributed by atoms with Crippen molar-refractivity contribution < 1.29 is 24.5 Å². The molecule has 1 aromatic carbocycles. The molecule has 1 fully saturated rings. The van der Waals surface area contributed by atoms with Crippen LogP contribution < -0.4 is 9.47 Å². The van der Waals surface area contributed by atoms with Crippen LogP contribution in [0.25, 0.3) is 0 Å². The number of benzene rings is 1. The highest BCUT2D eigenvalue weighted by atomic mass is 16.6. The molecule has 1 aromatic rings. The van der Waals surface area contributed by atoms with E-state index < -0.39 is 12.2 Å². The highest BCUT2D eigenvalue weighted by Gasteiger charge is 2.34. The number of hydrogen-bond acceptors (Lipinski definition) is 5. The molecule has 0 spiro atoms. The molecule has 0 aliphatic carbocycles. The van der Waals surface area contributed by atoms with Crippen LogP contribution in [0.1, 0.15) is 10.4 Å². The minimum atomic E-state index is -0.888. The molecule has 1 saturated heterocycles. The van der Waals surface area contributed by atoms with Gasteiger partial charge in [-0.15, -0.1) is 0 Å². The number of carbonyl (C=O) groups excluding carboxylic acids is 1. The Morgan fingerprint density at radius 3 is 2.58 bits per heavy atom. The number of β-amino-alcohol motifs (C(OH)–C–C–N with tert-alkyl or cyclic N) is 2. The van der Waals surface area contributed by atoms with E-state index in [9.17, 15) is 15.0 Å². The maximum atomic E-state index is 12.4. The number of likely N-dealkylation sites (tertiary alicyclic amines) is 1. The lowest BCUT2D eigenvalue weighted by molar-refractivity contribution is 0.0572. The summed E-state index contributed by atoms with van der Waals surface area (Å²) in [5.41, 5.74) is 0.401. The molecule has 2 N–H and O–H groups in total. The molecule has 2 atom stereocenters. The fraction of sp³-hybridized carbons (Fsp3) is 0.462. The SMILES string of the molecule is O=C(c1cccc2c1OCCO2)N1C[C@@H](O)[C@@H](O)C1. The molecule has 2 aliphatic rings. The molecule has 102 valence electrons. The van der Waals surface area contributed by atoms with E-state index in [0.29, 0.717) is 30.3 Å². The monoisotopic (exact) mass is 265 g/mol. The minimum Gasteiger partial charge on any atom is -0.486 e. The van der Waals surface area contributed by atoms with Crippen molar-refractivity contribution in [1.82, 2.24) is 4.90 Å². The molecule has 2 aliphatic heterocycles. The number of carbonyl (C=O) groups is 1. The number of nitrogens with zero attached hydrogens (tertiary/aromatic N) is 1. The van der Waals surface area contributed by atoms with Gasteiger partial charge in [0.1, 0.15) is 13.2 Å². The Labute approximate surface area is 110 Å². The quantitative estimate of drug-likeness (QED) is 0.724. The van der Waals surface area contributed by atoms with Gasteiger partial charge in [0.2, 0.25) is 0 Å². The smallest absolute Gasteiger partial charge is 0.257 e. The zero-order valence-corrected chi connectivity index (χ0v) is 10.3. The predicted molar refractivity (Wildman–Crippen MR) is 65.3 cm³/mol. The summed E-state index contributed by atoms with van der Waals surface area (Å²) >= 11 is 0. The summed E-state index contributed by atoms with van der Waals surface area (Å²) in [7, 11) is 0. The van der Waals surface area contributed by atoms with E-state index in [-0.39, 0.29) is 19.0 Å². The Bertz CT molecular complexity index is 494. The molecule has 6 nitrogen and oxygen atoms in total. The van der Waals surface area contributed by atoms with Crippen LogP contribution in [0.2, 0.25) is 0 Å². The van der Waals surface area contributed by atoms with Gasteiger partial charge in [0.25, 0.3) is 5.91 Å². The summed E-state index contributed by atoms with van der Waals surface area (Å²) < 4.78 is 10.9. The van der Waals surface area contributed by atoms with Gasteiger partial charge in [0.15, 0.2) is 11.5 Å². The standard InChI is InChI=1S/C13H15NO5/c15-9-6-14(7-10(9)16)13(17)8-2-1-3-11-12(8)19-5-4-18-11/h1-3,9-10,15-16H,4-7H2/t9-,10+. The van der Waals surface area contributed by atoms with Crippen molar-refractivity contribution in [1.29, 1.82) is 0 Å². The molecule has 2 heterocycles. The largest absolute Gasteiger partial charge is 0.486 e. The second-order valence-electron chi connectivity index (χ2n) is 4.67. The van der Waals surface area contributed by atoms with Crippen LogP contribution in [-0.4, -0.2) is 59.5 Å². The van der Waals surface area contributed by atoms with Crippen LogP contribution in [0.3, 0.4) is 0 Å². The molecule has 0 unspecified atom stereocenters. The predicted octanol–water partition coefficient (Wildman–Crippen LogP) is -0.365. The normalized spacial score (nSPS) is 25.5. The number of rotatable bonds is 1. The van der Waals surface area contributed by atoms with E-state index in [0.717, 1.165) is 0 Å². The van der Waals surface area contributed by atoms with Crippen molar-refractivity contribution in [2.75, 3.05) is 26.3 Å². The Balaban J connectivity index is 1.88. The lowest BCUT2D eigenvalue weighted by Gasteiger charge is -2.22. The minimum absolute atomic E-state index is 0.129. The van der Waals surface area contributed by atoms with Gasteiger partial charge in [-0.25, -0.2) is 0 Å². The van der Waals surface area contributed by atoms with E-state index >= 15 is 0 Å². The maximum Gasteiger partial charge on any atom is 0.257 e. The van der Waals surface area contributed by atoms with Crippen molar-refractivity contribution in [2.24, 2.45) is 0 Å². The van der Waals surface area contributed by atoms with Crippen molar-refractivity contribution in [3.05, 3.63) is 23.8 Å². The van der Waals surface area contributed by atoms with Crippen molar-refractivity contribution in [3.8, 4) is 11.5 Å². The average molecular weight is 265 g/mol.